The van der Waals surface area contributed by atoms with Crippen molar-refractivity contribution in [3.8, 4) is 5.75 Å². The molecule has 2 aromatic carbocycles. The van der Waals surface area contributed by atoms with Crippen LogP contribution in [-0.2, 0) is 0 Å². The Hall–Kier alpha value is -2.00. The van der Waals surface area contributed by atoms with Gasteiger partial charge in [0.05, 0.1) is 12.2 Å². The van der Waals surface area contributed by atoms with Crippen molar-refractivity contribution in [2.45, 2.75) is 26.7 Å². The van der Waals surface area contributed by atoms with Gasteiger partial charge in [-0.3, -0.25) is 4.79 Å². The summed E-state index contributed by atoms with van der Waals surface area (Å²) in [5.41, 5.74) is 2.08. The third-order valence-corrected chi connectivity index (χ3v) is 3.81. The minimum atomic E-state index is -0.197. The van der Waals surface area contributed by atoms with Crippen LogP contribution in [0.4, 0.5) is 5.69 Å². The lowest BCUT2D eigenvalue weighted by Crippen LogP contribution is -2.14. The summed E-state index contributed by atoms with van der Waals surface area (Å²) in [5, 5.41) is 3.52. The summed E-state index contributed by atoms with van der Waals surface area (Å²) in [6, 6.07) is 12.7. The van der Waals surface area contributed by atoms with Gasteiger partial charge < -0.3 is 10.1 Å². The Balaban J connectivity index is 2.17. The van der Waals surface area contributed by atoms with Gasteiger partial charge in [0, 0.05) is 10.7 Å². The molecule has 1 N–H and O–H groups in total. The molecule has 0 atom stereocenters. The van der Waals surface area contributed by atoms with Crippen LogP contribution in [0.5, 0.6) is 5.75 Å². The van der Waals surface area contributed by atoms with Crippen molar-refractivity contribution in [2.24, 2.45) is 0 Å². The lowest BCUT2D eigenvalue weighted by molar-refractivity contribution is 0.102. The Morgan fingerprint density at radius 1 is 1.18 bits per heavy atom. The topological polar surface area (TPSA) is 38.3 Å². The van der Waals surface area contributed by atoms with Gasteiger partial charge in [-0.1, -0.05) is 43.1 Å². The van der Waals surface area contributed by atoms with Crippen LogP contribution in [0.15, 0.2) is 42.5 Å². The van der Waals surface area contributed by atoms with E-state index in [1.807, 2.05) is 37.3 Å². The van der Waals surface area contributed by atoms with Crippen molar-refractivity contribution in [2.75, 3.05) is 11.9 Å². The highest BCUT2D eigenvalue weighted by Gasteiger charge is 2.13. The third kappa shape index (κ3) is 4.01. The molecular weight excluding hydrogens is 298 g/mol. The quantitative estimate of drug-likeness (QED) is 0.754. The Bertz CT molecular complexity index is 655. The minimum Gasteiger partial charge on any atom is -0.493 e. The van der Waals surface area contributed by atoms with E-state index in [9.17, 15) is 4.79 Å². The highest BCUT2D eigenvalue weighted by Crippen LogP contribution is 2.25. The Kier molecular flexibility index (Phi) is 5.84. The predicted octanol–water partition coefficient (Wildman–Crippen LogP) is 5.08. The molecule has 116 valence electrons. The number of rotatable bonds is 6. The molecule has 0 aliphatic rings. The first-order valence-electron chi connectivity index (χ1n) is 7.41. The Morgan fingerprint density at radius 2 is 1.95 bits per heavy atom. The highest BCUT2D eigenvalue weighted by molar-refractivity contribution is 6.31. The molecule has 0 fully saturated rings. The molecule has 0 aromatic heterocycles. The van der Waals surface area contributed by atoms with Crippen LogP contribution in [0.3, 0.4) is 0 Å². The van der Waals surface area contributed by atoms with Gasteiger partial charge in [0.2, 0.25) is 0 Å². The van der Waals surface area contributed by atoms with E-state index in [1.54, 1.807) is 12.1 Å². The third-order valence-electron chi connectivity index (χ3n) is 3.40. The van der Waals surface area contributed by atoms with Gasteiger partial charge in [0.1, 0.15) is 5.75 Å². The molecule has 0 bridgehead atoms. The Morgan fingerprint density at radius 3 is 2.73 bits per heavy atom. The molecule has 2 aromatic rings. The SMILES string of the molecule is CCCCOc1ccccc1C(=O)Nc1cccc(Cl)c1C. The maximum Gasteiger partial charge on any atom is 0.259 e. The molecule has 22 heavy (non-hydrogen) atoms. The summed E-state index contributed by atoms with van der Waals surface area (Å²) >= 11 is 6.08. The van der Waals surface area contributed by atoms with Gasteiger partial charge in [-0.15, -0.1) is 0 Å². The first-order chi connectivity index (χ1) is 10.6. The summed E-state index contributed by atoms with van der Waals surface area (Å²) in [4.78, 5) is 12.5. The molecule has 0 saturated heterocycles. The second-order valence-corrected chi connectivity index (χ2v) is 5.47. The average molecular weight is 318 g/mol. The van der Waals surface area contributed by atoms with E-state index in [-0.39, 0.29) is 5.91 Å². The van der Waals surface area contributed by atoms with Gasteiger partial charge in [0.15, 0.2) is 0 Å². The Labute approximate surface area is 136 Å². The zero-order valence-corrected chi connectivity index (χ0v) is 13.6. The van der Waals surface area contributed by atoms with E-state index in [0.717, 1.165) is 18.4 Å². The molecule has 3 nitrogen and oxygen atoms in total. The molecule has 0 spiro atoms. The molecule has 0 aliphatic heterocycles. The zero-order valence-electron chi connectivity index (χ0n) is 12.9. The number of hydrogen-bond acceptors (Lipinski definition) is 2. The number of carbonyl (C=O) groups excluding carboxylic acids is 1. The van der Waals surface area contributed by atoms with Crippen molar-refractivity contribution >= 4 is 23.2 Å². The maximum atomic E-state index is 12.5. The van der Waals surface area contributed by atoms with E-state index in [4.69, 9.17) is 16.3 Å². The standard InChI is InChI=1S/C18H20ClNO2/c1-3-4-12-22-17-11-6-5-8-14(17)18(21)20-16-10-7-9-15(19)13(16)2/h5-11H,3-4,12H2,1-2H3,(H,20,21). The van der Waals surface area contributed by atoms with Crippen LogP contribution in [0.1, 0.15) is 35.7 Å². The van der Waals surface area contributed by atoms with Crippen LogP contribution >= 0.6 is 11.6 Å². The lowest BCUT2D eigenvalue weighted by atomic mass is 10.1. The second kappa shape index (κ2) is 7.85. The second-order valence-electron chi connectivity index (χ2n) is 5.06. The van der Waals surface area contributed by atoms with Crippen LogP contribution in [0.2, 0.25) is 5.02 Å². The zero-order chi connectivity index (χ0) is 15.9. The van der Waals surface area contributed by atoms with E-state index < -0.39 is 0 Å². The van der Waals surface area contributed by atoms with Crippen molar-refractivity contribution < 1.29 is 9.53 Å². The number of anilines is 1. The fraction of sp³-hybridized carbons (Fsp3) is 0.278. The number of carbonyl (C=O) groups is 1. The fourth-order valence-corrected chi connectivity index (χ4v) is 2.21. The number of unbranched alkanes of at least 4 members (excludes halogenated alkanes) is 1. The predicted molar refractivity (Wildman–Crippen MR) is 91.0 cm³/mol. The lowest BCUT2D eigenvalue weighted by Gasteiger charge is -2.13. The number of hydrogen-bond donors (Lipinski definition) is 1. The van der Waals surface area contributed by atoms with Gasteiger partial charge >= 0.3 is 0 Å². The maximum absolute atomic E-state index is 12.5. The van der Waals surface area contributed by atoms with Crippen LogP contribution in [-0.4, -0.2) is 12.5 Å². The first kappa shape index (κ1) is 16.4. The number of benzene rings is 2. The number of para-hydroxylation sites is 1. The summed E-state index contributed by atoms with van der Waals surface area (Å²) in [6.07, 6.45) is 2.01. The molecule has 4 heteroatoms. The molecule has 1 amide bonds. The molecule has 0 saturated carbocycles. The largest absolute Gasteiger partial charge is 0.493 e. The molecule has 0 heterocycles. The summed E-state index contributed by atoms with van der Waals surface area (Å²) in [6.45, 7) is 4.59. The summed E-state index contributed by atoms with van der Waals surface area (Å²) in [7, 11) is 0. The number of ether oxygens (including phenoxy) is 1. The van der Waals surface area contributed by atoms with Crippen molar-refractivity contribution in [3.63, 3.8) is 0 Å². The number of amides is 1. The van der Waals surface area contributed by atoms with E-state index in [0.29, 0.717) is 28.6 Å². The van der Waals surface area contributed by atoms with Gasteiger partial charge in [0.25, 0.3) is 5.91 Å². The van der Waals surface area contributed by atoms with Gasteiger partial charge in [-0.25, -0.2) is 0 Å². The molecule has 0 unspecified atom stereocenters. The highest BCUT2D eigenvalue weighted by atomic mass is 35.5. The molecule has 2 rings (SSSR count). The summed E-state index contributed by atoms with van der Waals surface area (Å²) < 4.78 is 5.70. The van der Waals surface area contributed by atoms with E-state index >= 15 is 0 Å². The van der Waals surface area contributed by atoms with Crippen molar-refractivity contribution in [1.29, 1.82) is 0 Å². The molecule has 0 aliphatic carbocycles. The minimum absolute atomic E-state index is 0.197. The van der Waals surface area contributed by atoms with Gasteiger partial charge in [-0.2, -0.15) is 0 Å². The van der Waals surface area contributed by atoms with Crippen molar-refractivity contribution in [1.82, 2.24) is 0 Å². The van der Waals surface area contributed by atoms with Gasteiger partial charge in [-0.05, 0) is 43.2 Å². The molecule has 0 radical (unpaired) electrons. The average Bonchev–Trinajstić information content (AvgIpc) is 2.52. The first-order valence-corrected chi connectivity index (χ1v) is 7.79. The van der Waals surface area contributed by atoms with E-state index in [1.165, 1.54) is 0 Å². The monoisotopic (exact) mass is 317 g/mol. The smallest absolute Gasteiger partial charge is 0.259 e. The van der Waals surface area contributed by atoms with Crippen LogP contribution < -0.4 is 10.1 Å². The van der Waals surface area contributed by atoms with Crippen molar-refractivity contribution in [3.05, 3.63) is 58.6 Å². The summed E-state index contributed by atoms with van der Waals surface area (Å²) in [5.74, 6) is 0.408. The fourth-order valence-electron chi connectivity index (χ4n) is 2.04. The van der Waals surface area contributed by atoms with E-state index in [2.05, 4.69) is 12.2 Å². The van der Waals surface area contributed by atoms with Crippen LogP contribution in [0.25, 0.3) is 0 Å². The number of halogens is 1. The molecular formula is C18H20ClNO2. The number of nitrogens with one attached hydrogen (secondary N) is 1. The normalized spacial score (nSPS) is 10.3. The van der Waals surface area contributed by atoms with Crippen LogP contribution in [0, 0.1) is 6.92 Å².